The summed E-state index contributed by atoms with van der Waals surface area (Å²) in [5.74, 6) is 3.03. The lowest BCUT2D eigenvalue weighted by Crippen LogP contribution is -2.01. The largest absolute Gasteiger partial charge is 0.494 e. The van der Waals surface area contributed by atoms with Gasteiger partial charge in [0, 0.05) is 0 Å². The van der Waals surface area contributed by atoms with Crippen molar-refractivity contribution in [3.8, 4) is 11.5 Å². The lowest BCUT2D eigenvalue weighted by atomic mass is 10.0. The van der Waals surface area contributed by atoms with E-state index >= 15 is 0 Å². The zero-order valence-electron chi connectivity index (χ0n) is 18.9. The van der Waals surface area contributed by atoms with Gasteiger partial charge < -0.3 is 9.47 Å². The van der Waals surface area contributed by atoms with Gasteiger partial charge in [0.15, 0.2) is 0 Å². The standard InChI is InChI=1S/C30H34O2/c1(7-21-31-29-17-13-27(14-18-29)23-25-9-3-4-10-25)2-8-22-32-30-19-15-28(16-20-30)24-26-11-5-6-12-26/h3-6,9-20,25-26H,1-2,7-8,21-24H2. The summed E-state index contributed by atoms with van der Waals surface area (Å²) in [4.78, 5) is 0. The summed E-state index contributed by atoms with van der Waals surface area (Å²) >= 11 is 0. The monoisotopic (exact) mass is 426 g/mol. The number of benzene rings is 2. The van der Waals surface area contributed by atoms with Gasteiger partial charge >= 0.3 is 0 Å². The van der Waals surface area contributed by atoms with Crippen LogP contribution in [0.5, 0.6) is 11.5 Å². The van der Waals surface area contributed by atoms with Crippen molar-refractivity contribution in [2.45, 2.75) is 38.5 Å². The van der Waals surface area contributed by atoms with Gasteiger partial charge in [0.2, 0.25) is 0 Å². The highest BCUT2D eigenvalue weighted by atomic mass is 16.5. The molecule has 0 atom stereocenters. The van der Waals surface area contributed by atoms with Crippen molar-refractivity contribution in [3.05, 3.63) is 108 Å². The molecule has 2 heteroatoms. The molecule has 0 spiro atoms. The Kier molecular flexibility index (Phi) is 8.43. The van der Waals surface area contributed by atoms with Crippen molar-refractivity contribution in [1.82, 2.24) is 0 Å². The molecule has 2 aromatic rings. The third-order valence-electron chi connectivity index (χ3n) is 6.02. The fraction of sp³-hybridized carbons (Fsp3) is 0.333. The van der Waals surface area contributed by atoms with Crippen LogP contribution in [0.25, 0.3) is 0 Å². The van der Waals surface area contributed by atoms with Gasteiger partial charge in [-0.15, -0.1) is 0 Å². The van der Waals surface area contributed by atoms with Gasteiger partial charge in [-0.2, -0.15) is 0 Å². The minimum Gasteiger partial charge on any atom is -0.494 e. The van der Waals surface area contributed by atoms with E-state index in [4.69, 9.17) is 9.47 Å². The van der Waals surface area contributed by atoms with Crippen LogP contribution < -0.4 is 9.47 Å². The van der Waals surface area contributed by atoms with Crippen LogP contribution >= 0.6 is 0 Å². The zero-order chi connectivity index (χ0) is 21.8. The van der Waals surface area contributed by atoms with E-state index in [0.717, 1.165) is 50.4 Å². The van der Waals surface area contributed by atoms with Gasteiger partial charge in [0.1, 0.15) is 11.5 Å². The first-order chi connectivity index (χ1) is 15.8. The molecule has 0 aromatic heterocycles. The Hall–Kier alpha value is -3.00. The first-order valence-corrected chi connectivity index (χ1v) is 12.0. The van der Waals surface area contributed by atoms with Crippen LogP contribution in [0.1, 0.15) is 36.8 Å². The Morgan fingerprint density at radius 1 is 0.469 bits per heavy atom. The minimum absolute atomic E-state index is 0.544. The molecule has 32 heavy (non-hydrogen) atoms. The molecule has 0 N–H and O–H groups in total. The third kappa shape index (κ3) is 7.30. The second-order valence-electron chi connectivity index (χ2n) is 8.67. The molecule has 2 aliphatic rings. The van der Waals surface area contributed by atoms with E-state index < -0.39 is 0 Å². The average molecular weight is 427 g/mol. The highest BCUT2D eigenvalue weighted by Crippen LogP contribution is 2.20. The first kappa shape index (κ1) is 22.2. The maximum Gasteiger partial charge on any atom is 0.119 e. The second kappa shape index (κ2) is 12.1. The molecule has 0 radical (unpaired) electrons. The van der Waals surface area contributed by atoms with Crippen molar-refractivity contribution in [2.24, 2.45) is 11.8 Å². The van der Waals surface area contributed by atoms with Gasteiger partial charge in [0.05, 0.1) is 13.2 Å². The molecule has 0 saturated heterocycles. The number of hydrogen-bond acceptors (Lipinski definition) is 2. The molecule has 4 rings (SSSR count). The predicted octanol–water partition coefficient (Wildman–Crippen LogP) is 7.27. The smallest absolute Gasteiger partial charge is 0.119 e. The predicted molar refractivity (Wildman–Crippen MR) is 133 cm³/mol. The van der Waals surface area contributed by atoms with E-state index in [9.17, 15) is 0 Å². The second-order valence-corrected chi connectivity index (χ2v) is 8.67. The van der Waals surface area contributed by atoms with Gasteiger partial charge in [-0.1, -0.05) is 72.9 Å². The van der Waals surface area contributed by atoms with E-state index in [-0.39, 0.29) is 0 Å². The lowest BCUT2D eigenvalue weighted by molar-refractivity contribution is 0.287. The van der Waals surface area contributed by atoms with Crippen LogP contribution in [0.2, 0.25) is 0 Å². The van der Waals surface area contributed by atoms with E-state index in [1.165, 1.54) is 24.0 Å². The van der Waals surface area contributed by atoms with E-state index in [1.807, 2.05) is 0 Å². The van der Waals surface area contributed by atoms with Gasteiger partial charge in [-0.25, -0.2) is 0 Å². The average Bonchev–Trinajstić information content (AvgIpc) is 3.52. The molecule has 0 saturated carbocycles. The quantitative estimate of drug-likeness (QED) is 0.313. The van der Waals surface area contributed by atoms with Crippen LogP contribution in [-0.2, 0) is 12.8 Å². The molecule has 0 unspecified atom stereocenters. The molecule has 0 fully saturated rings. The van der Waals surface area contributed by atoms with Gasteiger partial charge in [-0.05, 0) is 85.8 Å². The van der Waals surface area contributed by atoms with Crippen LogP contribution in [0.3, 0.4) is 0 Å². The van der Waals surface area contributed by atoms with E-state index in [0.29, 0.717) is 11.8 Å². The first-order valence-electron chi connectivity index (χ1n) is 12.0. The van der Waals surface area contributed by atoms with Crippen molar-refractivity contribution in [1.29, 1.82) is 0 Å². The summed E-state index contributed by atoms with van der Waals surface area (Å²) in [6.07, 6.45) is 24.1. The summed E-state index contributed by atoms with van der Waals surface area (Å²) < 4.78 is 11.8. The van der Waals surface area contributed by atoms with Gasteiger partial charge in [0.25, 0.3) is 0 Å². The molecule has 0 heterocycles. The fourth-order valence-electron chi connectivity index (χ4n) is 4.15. The van der Waals surface area contributed by atoms with Crippen LogP contribution in [0.15, 0.2) is 97.1 Å². The minimum atomic E-state index is 0.544. The Bertz CT molecular complexity index is 828. The number of ether oxygens (including phenoxy) is 2. The molecule has 2 nitrogen and oxygen atoms in total. The molecular weight excluding hydrogens is 392 g/mol. The molecule has 166 valence electrons. The van der Waals surface area contributed by atoms with E-state index in [1.54, 1.807) is 0 Å². The Labute approximate surface area is 193 Å². The highest BCUT2D eigenvalue weighted by Gasteiger charge is 2.06. The molecule has 0 amide bonds. The van der Waals surface area contributed by atoms with E-state index in [2.05, 4.69) is 97.1 Å². The highest BCUT2D eigenvalue weighted by molar-refractivity contribution is 5.30. The summed E-state index contributed by atoms with van der Waals surface area (Å²) in [6.45, 7) is 1.56. The Morgan fingerprint density at radius 2 is 0.844 bits per heavy atom. The summed E-state index contributed by atoms with van der Waals surface area (Å²) in [7, 11) is 0. The maximum atomic E-state index is 5.90. The molecule has 2 aliphatic carbocycles. The Morgan fingerprint density at radius 3 is 1.22 bits per heavy atom. The summed E-state index contributed by atoms with van der Waals surface area (Å²) in [5, 5.41) is 0. The Balaban J connectivity index is 1.02. The van der Waals surface area contributed by atoms with Crippen LogP contribution in [-0.4, -0.2) is 13.2 Å². The third-order valence-corrected chi connectivity index (χ3v) is 6.02. The van der Waals surface area contributed by atoms with Crippen molar-refractivity contribution in [2.75, 3.05) is 13.2 Å². The topological polar surface area (TPSA) is 18.5 Å². The number of unbranched alkanes of at least 4 members (excludes halogenated alkanes) is 3. The summed E-state index contributed by atoms with van der Waals surface area (Å²) in [6, 6.07) is 17.1. The summed E-state index contributed by atoms with van der Waals surface area (Å²) in [5.41, 5.74) is 2.72. The molecule has 0 bridgehead atoms. The molecule has 0 aliphatic heterocycles. The van der Waals surface area contributed by atoms with Crippen LogP contribution in [0.4, 0.5) is 0 Å². The zero-order valence-corrected chi connectivity index (χ0v) is 18.9. The van der Waals surface area contributed by atoms with Crippen LogP contribution in [0, 0.1) is 11.8 Å². The van der Waals surface area contributed by atoms with Gasteiger partial charge in [-0.3, -0.25) is 0 Å². The van der Waals surface area contributed by atoms with Crippen molar-refractivity contribution >= 4 is 0 Å². The number of allylic oxidation sites excluding steroid dienone is 8. The fourth-order valence-corrected chi connectivity index (χ4v) is 4.15. The maximum absolute atomic E-state index is 5.90. The lowest BCUT2D eigenvalue weighted by Gasteiger charge is -2.10. The van der Waals surface area contributed by atoms with Crippen molar-refractivity contribution in [3.63, 3.8) is 0 Å². The number of rotatable bonds is 13. The number of hydrogen-bond donors (Lipinski definition) is 0. The SMILES string of the molecule is C1=CC(Cc2ccc(OCCCCCCOc3ccc(CC4C=CC=C4)cc3)cc2)C=C1. The molecular formula is C30H34O2. The normalized spacial score (nSPS) is 15.1. The van der Waals surface area contributed by atoms with Crippen molar-refractivity contribution < 1.29 is 9.47 Å². The molecule has 2 aromatic carbocycles.